The lowest BCUT2D eigenvalue weighted by Gasteiger charge is -2.27. The third-order valence-electron chi connectivity index (χ3n) is 4.85. The van der Waals surface area contributed by atoms with Gasteiger partial charge in [0.1, 0.15) is 18.5 Å². The van der Waals surface area contributed by atoms with Gasteiger partial charge in [-0.1, -0.05) is 12.1 Å². The van der Waals surface area contributed by atoms with Crippen molar-refractivity contribution in [3.63, 3.8) is 0 Å². The summed E-state index contributed by atoms with van der Waals surface area (Å²) < 4.78 is 18.6. The molecule has 4 rings (SSSR count). The summed E-state index contributed by atoms with van der Waals surface area (Å²) in [4.78, 5) is 14.2. The van der Waals surface area contributed by atoms with E-state index < -0.39 is 0 Å². The minimum atomic E-state index is -0.0716. The standard InChI is InChI=1S/C20H26N4O4/c25-20-7-6-19(23-10-12-26-13-11-23)22-24(20)9-3-8-21-14-16-15-27-17-4-1-2-5-18(17)28-16/h1-2,4-7,16,21H,3,8-15H2. The molecule has 0 aliphatic carbocycles. The number of anilines is 1. The number of nitrogens with zero attached hydrogens (tertiary/aromatic N) is 3. The number of morpholine rings is 1. The van der Waals surface area contributed by atoms with E-state index in [1.807, 2.05) is 24.3 Å². The number of ether oxygens (including phenoxy) is 3. The van der Waals surface area contributed by atoms with Gasteiger partial charge < -0.3 is 24.4 Å². The summed E-state index contributed by atoms with van der Waals surface area (Å²) in [5, 5.41) is 7.89. The molecule has 0 amide bonds. The third kappa shape index (κ3) is 4.63. The number of nitrogens with one attached hydrogen (secondary N) is 1. The Morgan fingerprint density at radius 2 is 1.93 bits per heavy atom. The van der Waals surface area contributed by atoms with Crippen molar-refractivity contribution >= 4 is 5.82 Å². The molecule has 8 nitrogen and oxygen atoms in total. The Bertz CT molecular complexity index is 835. The zero-order valence-electron chi connectivity index (χ0n) is 15.9. The number of hydrogen-bond donors (Lipinski definition) is 1. The molecule has 2 aliphatic rings. The van der Waals surface area contributed by atoms with Crippen LogP contribution in [-0.2, 0) is 11.3 Å². The predicted octanol–water partition coefficient (Wildman–Crippen LogP) is 0.900. The van der Waals surface area contributed by atoms with Gasteiger partial charge in [-0.05, 0) is 31.2 Å². The van der Waals surface area contributed by atoms with Crippen LogP contribution >= 0.6 is 0 Å². The van der Waals surface area contributed by atoms with E-state index in [-0.39, 0.29) is 11.7 Å². The molecule has 2 aliphatic heterocycles. The molecular formula is C20H26N4O4. The van der Waals surface area contributed by atoms with Gasteiger partial charge in [0.2, 0.25) is 0 Å². The van der Waals surface area contributed by atoms with E-state index in [9.17, 15) is 4.79 Å². The van der Waals surface area contributed by atoms with Crippen LogP contribution in [0.3, 0.4) is 0 Å². The lowest BCUT2D eigenvalue weighted by molar-refractivity contribution is 0.0904. The second-order valence-corrected chi connectivity index (χ2v) is 6.91. The van der Waals surface area contributed by atoms with E-state index in [0.717, 1.165) is 43.4 Å². The number of rotatable bonds is 7. The normalized spacial score (nSPS) is 18.9. The van der Waals surface area contributed by atoms with E-state index in [4.69, 9.17) is 14.2 Å². The van der Waals surface area contributed by atoms with Gasteiger partial charge in [-0.15, -0.1) is 0 Å². The first-order valence-corrected chi connectivity index (χ1v) is 9.80. The molecule has 28 heavy (non-hydrogen) atoms. The van der Waals surface area contributed by atoms with Crippen LogP contribution < -0.4 is 25.2 Å². The average molecular weight is 386 g/mol. The predicted molar refractivity (Wildman–Crippen MR) is 105 cm³/mol. The number of para-hydroxylation sites is 2. The van der Waals surface area contributed by atoms with Crippen LogP contribution in [0.15, 0.2) is 41.2 Å². The van der Waals surface area contributed by atoms with Crippen LogP contribution in [0.2, 0.25) is 0 Å². The van der Waals surface area contributed by atoms with E-state index in [2.05, 4.69) is 15.3 Å². The Balaban J connectivity index is 1.22. The summed E-state index contributed by atoms with van der Waals surface area (Å²) >= 11 is 0. The van der Waals surface area contributed by atoms with Crippen molar-refractivity contribution in [2.24, 2.45) is 0 Å². The van der Waals surface area contributed by atoms with Gasteiger partial charge in [0.25, 0.3) is 5.56 Å². The first kappa shape index (κ1) is 18.8. The fourth-order valence-corrected chi connectivity index (χ4v) is 3.34. The molecule has 1 saturated heterocycles. The number of aromatic nitrogens is 2. The molecule has 1 aromatic heterocycles. The SMILES string of the molecule is O=c1ccc(N2CCOCC2)nn1CCCNCC1COc2ccccc2O1. The Morgan fingerprint density at radius 3 is 2.79 bits per heavy atom. The smallest absolute Gasteiger partial charge is 0.266 e. The zero-order chi connectivity index (χ0) is 19.2. The maximum absolute atomic E-state index is 12.1. The number of fused-ring (bicyclic) bond motifs is 1. The van der Waals surface area contributed by atoms with E-state index >= 15 is 0 Å². The lowest BCUT2D eigenvalue weighted by Crippen LogP contribution is -2.39. The monoisotopic (exact) mass is 386 g/mol. The van der Waals surface area contributed by atoms with Crippen molar-refractivity contribution in [1.82, 2.24) is 15.1 Å². The van der Waals surface area contributed by atoms with Crippen molar-refractivity contribution in [2.45, 2.75) is 19.1 Å². The van der Waals surface area contributed by atoms with E-state index in [1.165, 1.54) is 0 Å². The van der Waals surface area contributed by atoms with Gasteiger partial charge in [0.05, 0.1) is 13.2 Å². The van der Waals surface area contributed by atoms with Crippen LogP contribution in [0, 0.1) is 0 Å². The molecule has 150 valence electrons. The van der Waals surface area contributed by atoms with E-state index in [0.29, 0.717) is 32.9 Å². The molecule has 0 bridgehead atoms. The van der Waals surface area contributed by atoms with Crippen molar-refractivity contribution < 1.29 is 14.2 Å². The first-order chi connectivity index (χ1) is 13.8. The summed E-state index contributed by atoms with van der Waals surface area (Å²) in [6.07, 6.45) is 0.796. The summed E-state index contributed by atoms with van der Waals surface area (Å²) in [5.41, 5.74) is -0.0716. The third-order valence-corrected chi connectivity index (χ3v) is 4.85. The topological polar surface area (TPSA) is 77.9 Å². The molecule has 1 unspecified atom stereocenters. The van der Waals surface area contributed by atoms with Gasteiger partial charge in [0, 0.05) is 32.2 Å². The molecule has 0 saturated carbocycles. The largest absolute Gasteiger partial charge is 0.486 e. The molecule has 8 heteroatoms. The van der Waals surface area contributed by atoms with Crippen LogP contribution in [-0.4, -0.2) is 61.9 Å². The highest BCUT2D eigenvalue weighted by molar-refractivity contribution is 5.40. The van der Waals surface area contributed by atoms with Gasteiger partial charge >= 0.3 is 0 Å². The van der Waals surface area contributed by atoms with Crippen molar-refractivity contribution in [1.29, 1.82) is 0 Å². The quantitative estimate of drug-likeness (QED) is 0.709. The second kappa shape index (κ2) is 9.07. The molecule has 1 N–H and O–H groups in total. The lowest BCUT2D eigenvalue weighted by atomic mass is 10.2. The van der Waals surface area contributed by atoms with Crippen LogP contribution in [0.25, 0.3) is 0 Å². The van der Waals surface area contributed by atoms with E-state index in [1.54, 1.807) is 16.8 Å². The fraction of sp³-hybridized carbons (Fsp3) is 0.500. The Labute approximate surface area is 164 Å². The molecule has 1 fully saturated rings. The zero-order valence-corrected chi connectivity index (χ0v) is 15.9. The van der Waals surface area contributed by atoms with Crippen molar-refractivity contribution in [3.8, 4) is 11.5 Å². The summed E-state index contributed by atoms with van der Waals surface area (Å²) in [7, 11) is 0. The molecular weight excluding hydrogens is 360 g/mol. The average Bonchev–Trinajstić information content (AvgIpc) is 2.75. The van der Waals surface area contributed by atoms with Crippen LogP contribution in [0.4, 0.5) is 5.82 Å². The highest BCUT2D eigenvalue weighted by atomic mass is 16.6. The Kier molecular flexibility index (Phi) is 6.08. The Morgan fingerprint density at radius 1 is 1.11 bits per heavy atom. The molecule has 0 radical (unpaired) electrons. The fourth-order valence-electron chi connectivity index (χ4n) is 3.34. The highest BCUT2D eigenvalue weighted by Crippen LogP contribution is 2.30. The Hall–Kier alpha value is -2.58. The number of aryl methyl sites for hydroxylation is 1. The first-order valence-electron chi connectivity index (χ1n) is 9.80. The molecule has 1 atom stereocenters. The van der Waals surface area contributed by atoms with Crippen LogP contribution in [0.1, 0.15) is 6.42 Å². The van der Waals surface area contributed by atoms with Crippen molar-refractivity contribution in [3.05, 3.63) is 46.8 Å². The molecule has 1 aromatic carbocycles. The minimum absolute atomic E-state index is 0.0135. The summed E-state index contributed by atoms with van der Waals surface area (Å²) in [5.74, 6) is 2.42. The number of benzene rings is 1. The van der Waals surface area contributed by atoms with Crippen molar-refractivity contribution in [2.75, 3.05) is 50.9 Å². The maximum atomic E-state index is 12.1. The van der Waals surface area contributed by atoms with Crippen LogP contribution in [0.5, 0.6) is 11.5 Å². The van der Waals surface area contributed by atoms with Gasteiger partial charge in [0.15, 0.2) is 11.5 Å². The highest BCUT2D eigenvalue weighted by Gasteiger charge is 2.20. The number of hydrogen-bond acceptors (Lipinski definition) is 7. The molecule has 2 aromatic rings. The van der Waals surface area contributed by atoms with Gasteiger partial charge in [-0.3, -0.25) is 4.79 Å². The minimum Gasteiger partial charge on any atom is -0.486 e. The van der Waals surface area contributed by atoms with Gasteiger partial charge in [-0.2, -0.15) is 5.10 Å². The maximum Gasteiger partial charge on any atom is 0.266 e. The second-order valence-electron chi connectivity index (χ2n) is 6.91. The molecule has 0 spiro atoms. The molecule has 3 heterocycles. The summed E-state index contributed by atoms with van der Waals surface area (Å²) in [6, 6.07) is 11.1. The summed E-state index contributed by atoms with van der Waals surface area (Å²) in [6.45, 7) is 5.59. The van der Waals surface area contributed by atoms with Gasteiger partial charge in [-0.25, -0.2) is 4.68 Å².